The summed E-state index contributed by atoms with van der Waals surface area (Å²) < 4.78 is 29.6. The number of rotatable bonds is 8. The first-order chi connectivity index (χ1) is 13.2. The number of hydrogen-bond acceptors (Lipinski definition) is 6. The van der Waals surface area contributed by atoms with E-state index < -0.39 is 0 Å². The monoisotopic (exact) mass is 453 g/mol. The van der Waals surface area contributed by atoms with Crippen LogP contribution in [0.4, 0.5) is 4.39 Å². The molecule has 3 rings (SSSR count). The van der Waals surface area contributed by atoms with Crippen LogP contribution >= 0.6 is 24.8 Å². The lowest BCUT2D eigenvalue weighted by molar-refractivity contribution is -0.0624. The fourth-order valence-corrected chi connectivity index (χ4v) is 3.90. The number of morpholine rings is 1. The average molecular weight is 454 g/mol. The Labute approximate surface area is 185 Å². The van der Waals surface area contributed by atoms with E-state index in [-0.39, 0.29) is 36.7 Å². The molecule has 0 amide bonds. The second kappa shape index (κ2) is 13.6. The van der Waals surface area contributed by atoms with Crippen LogP contribution in [0.25, 0.3) is 0 Å². The molecule has 0 bridgehead atoms. The molecule has 0 radical (unpaired) electrons. The standard InChI is InChI=1S/C20H32FN3O3.2ClH/c1-25-15-18-14-24(9-10-27-18)8-7-23-6-5-22-17(13-23)11-16-3-4-19(21)20(12-16)26-2;;/h3-4,12,17-18,22H,5-11,13-15H2,1-2H3;2*1H/t17?,18-;;/m1../s1. The van der Waals surface area contributed by atoms with Gasteiger partial charge in [0.15, 0.2) is 11.6 Å². The number of piperazine rings is 1. The third-order valence-corrected chi connectivity index (χ3v) is 5.35. The van der Waals surface area contributed by atoms with Crippen LogP contribution in [-0.2, 0) is 15.9 Å². The SMILES string of the molecule is COC[C@H]1CN(CCN2CCNC(Cc3ccc(F)c(OC)c3)C2)CCO1.Cl.Cl. The van der Waals surface area contributed by atoms with Crippen molar-refractivity contribution in [2.75, 3.05) is 73.2 Å². The maximum atomic E-state index is 13.6. The maximum absolute atomic E-state index is 13.6. The molecule has 2 aliphatic rings. The Hall–Kier alpha value is -0.670. The first-order valence-electron chi connectivity index (χ1n) is 9.79. The summed E-state index contributed by atoms with van der Waals surface area (Å²) in [6.07, 6.45) is 1.06. The van der Waals surface area contributed by atoms with Crippen LogP contribution in [0.15, 0.2) is 18.2 Å². The van der Waals surface area contributed by atoms with Gasteiger partial charge in [-0.15, -0.1) is 24.8 Å². The van der Waals surface area contributed by atoms with Crippen molar-refractivity contribution in [3.8, 4) is 5.75 Å². The van der Waals surface area contributed by atoms with Crippen molar-refractivity contribution in [2.45, 2.75) is 18.6 Å². The van der Waals surface area contributed by atoms with E-state index in [1.165, 1.54) is 13.2 Å². The smallest absolute Gasteiger partial charge is 0.165 e. The van der Waals surface area contributed by atoms with Crippen LogP contribution in [0.5, 0.6) is 5.75 Å². The van der Waals surface area contributed by atoms with Crippen molar-refractivity contribution in [3.05, 3.63) is 29.6 Å². The molecule has 1 unspecified atom stereocenters. The second-order valence-electron chi connectivity index (χ2n) is 7.37. The van der Waals surface area contributed by atoms with Gasteiger partial charge >= 0.3 is 0 Å². The van der Waals surface area contributed by atoms with Crippen molar-refractivity contribution >= 4 is 24.8 Å². The van der Waals surface area contributed by atoms with Crippen molar-refractivity contribution in [1.29, 1.82) is 0 Å². The molecule has 2 saturated heterocycles. The predicted octanol–water partition coefficient (Wildman–Crippen LogP) is 1.84. The van der Waals surface area contributed by atoms with E-state index in [1.54, 1.807) is 13.2 Å². The normalized spacial score (nSPS) is 23.1. The lowest BCUT2D eigenvalue weighted by atomic mass is 10.0. The van der Waals surface area contributed by atoms with Crippen molar-refractivity contribution in [3.63, 3.8) is 0 Å². The van der Waals surface area contributed by atoms with Crippen LogP contribution in [0.1, 0.15) is 5.56 Å². The summed E-state index contributed by atoms with van der Waals surface area (Å²) in [5, 5.41) is 3.59. The van der Waals surface area contributed by atoms with E-state index >= 15 is 0 Å². The summed E-state index contributed by atoms with van der Waals surface area (Å²) >= 11 is 0. The number of benzene rings is 1. The number of methoxy groups -OCH3 is 2. The first-order valence-corrected chi connectivity index (χ1v) is 9.79. The molecule has 0 spiro atoms. The summed E-state index contributed by atoms with van der Waals surface area (Å²) in [6, 6.07) is 5.52. The number of ether oxygens (including phenoxy) is 3. The molecule has 1 aromatic rings. The van der Waals surface area contributed by atoms with Crippen molar-refractivity contribution in [2.24, 2.45) is 0 Å². The van der Waals surface area contributed by atoms with Gasteiger partial charge in [0.05, 0.1) is 26.4 Å². The molecule has 2 aliphatic heterocycles. The summed E-state index contributed by atoms with van der Waals surface area (Å²) in [5.41, 5.74) is 1.10. The number of halogens is 3. The van der Waals surface area contributed by atoms with Crippen molar-refractivity contribution < 1.29 is 18.6 Å². The molecule has 2 atom stereocenters. The largest absolute Gasteiger partial charge is 0.494 e. The zero-order valence-electron chi connectivity index (χ0n) is 17.3. The van der Waals surface area contributed by atoms with Gasteiger partial charge in [-0.25, -0.2) is 4.39 Å². The van der Waals surface area contributed by atoms with Gasteiger partial charge in [-0.05, 0) is 24.1 Å². The fraction of sp³-hybridized carbons (Fsp3) is 0.700. The molecular formula is C20H34Cl2FN3O3. The molecule has 1 aromatic carbocycles. The predicted molar refractivity (Wildman–Crippen MR) is 117 cm³/mol. The Morgan fingerprint density at radius 3 is 2.62 bits per heavy atom. The average Bonchev–Trinajstić information content (AvgIpc) is 2.69. The lowest BCUT2D eigenvalue weighted by Gasteiger charge is -2.37. The minimum atomic E-state index is -0.309. The van der Waals surface area contributed by atoms with E-state index in [9.17, 15) is 4.39 Å². The van der Waals surface area contributed by atoms with Crippen LogP contribution in [0.2, 0.25) is 0 Å². The van der Waals surface area contributed by atoms with Gasteiger partial charge in [0.1, 0.15) is 0 Å². The topological polar surface area (TPSA) is 46.2 Å². The Bertz CT molecular complexity index is 598. The van der Waals surface area contributed by atoms with Gasteiger partial charge in [0, 0.05) is 59.0 Å². The minimum Gasteiger partial charge on any atom is -0.494 e. The van der Waals surface area contributed by atoms with E-state index in [1.807, 2.05) is 6.07 Å². The van der Waals surface area contributed by atoms with Crippen molar-refractivity contribution in [1.82, 2.24) is 15.1 Å². The highest BCUT2D eigenvalue weighted by atomic mass is 35.5. The Kier molecular flexibility index (Phi) is 12.4. The molecule has 2 fully saturated rings. The molecule has 0 aromatic heterocycles. The maximum Gasteiger partial charge on any atom is 0.165 e. The third kappa shape index (κ3) is 8.17. The van der Waals surface area contributed by atoms with E-state index in [4.69, 9.17) is 14.2 Å². The van der Waals surface area contributed by atoms with Crippen LogP contribution in [0.3, 0.4) is 0 Å². The zero-order valence-corrected chi connectivity index (χ0v) is 18.9. The Morgan fingerprint density at radius 2 is 1.90 bits per heavy atom. The molecule has 9 heteroatoms. The van der Waals surface area contributed by atoms with Crippen LogP contribution < -0.4 is 10.1 Å². The Balaban J connectivity index is 0.00000210. The van der Waals surface area contributed by atoms with Gasteiger partial charge in [-0.3, -0.25) is 9.80 Å². The molecule has 29 heavy (non-hydrogen) atoms. The quantitative estimate of drug-likeness (QED) is 0.647. The number of hydrogen-bond donors (Lipinski definition) is 1. The second-order valence-corrected chi connectivity index (χ2v) is 7.37. The van der Waals surface area contributed by atoms with Gasteiger partial charge in [0.25, 0.3) is 0 Å². The van der Waals surface area contributed by atoms with Gasteiger partial charge in [-0.1, -0.05) is 6.07 Å². The summed E-state index contributed by atoms with van der Waals surface area (Å²) in [4.78, 5) is 4.98. The first kappa shape index (κ1) is 26.4. The van der Waals surface area contributed by atoms with Crippen LogP contribution in [0, 0.1) is 5.82 Å². The molecule has 168 valence electrons. The molecular weight excluding hydrogens is 420 g/mol. The Morgan fingerprint density at radius 1 is 1.14 bits per heavy atom. The summed E-state index contributed by atoms with van der Waals surface area (Å²) in [5.74, 6) is 0.00913. The fourth-order valence-electron chi connectivity index (χ4n) is 3.90. The van der Waals surface area contributed by atoms with E-state index in [2.05, 4.69) is 15.1 Å². The van der Waals surface area contributed by atoms with Gasteiger partial charge < -0.3 is 19.5 Å². The van der Waals surface area contributed by atoms with Gasteiger partial charge in [-0.2, -0.15) is 0 Å². The third-order valence-electron chi connectivity index (χ3n) is 5.35. The van der Waals surface area contributed by atoms with E-state index in [0.717, 1.165) is 64.4 Å². The molecule has 1 N–H and O–H groups in total. The highest BCUT2D eigenvalue weighted by Gasteiger charge is 2.23. The van der Waals surface area contributed by atoms with Crippen LogP contribution in [-0.4, -0.2) is 95.2 Å². The molecule has 0 aliphatic carbocycles. The molecule has 2 heterocycles. The lowest BCUT2D eigenvalue weighted by Crippen LogP contribution is -2.54. The summed E-state index contributed by atoms with van der Waals surface area (Å²) in [7, 11) is 3.23. The molecule has 0 saturated carbocycles. The van der Waals surface area contributed by atoms with Gasteiger partial charge in [0.2, 0.25) is 0 Å². The summed E-state index contributed by atoms with van der Waals surface area (Å²) in [6.45, 7) is 8.55. The number of nitrogens with zero attached hydrogens (tertiary/aromatic N) is 2. The highest BCUT2D eigenvalue weighted by Crippen LogP contribution is 2.19. The molecule has 6 nitrogen and oxygen atoms in total. The zero-order chi connectivity index (χ0) is 19.1. The van der Waals surface area contributed by atoms with E-state index in [0.29, 0.717) is 18.4 Å². The minimum absolute atomic E-state index is 0. The highest BCUT2D eigenvalue weighted by molar-refractivity contribution is 5.85. The number of nitrogens with one attached hydrogen (secondary N) is 1.